The van der Waals surface area contributed by atoms with Gasteiger partial charge in [0, 0.05) is 18.6 Å². The average Bonchev–Trinajstić information content (AvgIpc) is 2.09. The van der Waals surface area contributed by atoms with Crippen molar-refractivity contribution in [1.29, 1.82) is 0 Å². The number of esters is 1. The van der Waals surface area contributed by atoms with Gasteiger partial charge in [0.2, 0.25) is 0 Å². The van der Waals surface area contributed by atoms with E-state index < -0.39 is 0 Å². The highest BCUT2D eigenvalue weighted by Crippen LogP contribution is 1.96. The molecule has 0 aliphatic rings. The summed E-state index contributed by atoms with van der Waals surface area (Å²) in [7, 11) is 0. The lowest BCUT2D eigenvalue weighted by Crippen LogP contribution is -2.49. The summed E-state index contributed by atoms with van der Waals surface area (Å²) in [6, 6.07) is 0.354. The molecule has 0 amide bonds. The Morgan fingerprint density at radius 3 is 2.00 bits per heavy atom. The average molecular weight is 230 g/mol. The molecule has 0 saturated carbocycles. The van der Waals surface area contributed by atoms with Gasteiger partial charge in [0.1, 0.15) is 6.04 Å². The molecule has 4 heteroatoms. The van der Waals surface area contributed by atoms with Crippen LogP contribution in [0.25, 0.3) is 0 Å². The Labute approximate surface area is 99.1 Å². The first kappa shape index (κ1) is 15.4. The van der Waals surface area contributed by atoms with Crippen LogP contribution in [0.2, 0.25) is 0 Å². The summed E-state index contributed by atoms with van der Waals surface area (Å²) in [6.07, 6.45) is -0.0667. The van der Waals surface area contributed by atoms with Gasteiger partial charge >= 0.3 is 5.97 Å². The van der Waals surface area contributed by atoms with Crippen molar-refractivity contribution in [2.45, 2.75) is 65.8 Å². The van der Waals surface area contributed by atoms with E-state index in [1.54, 1.807) is 0 Å². The molecule has 0 radical (unpaired) electrons. The quantitative estimate of drug-likeness (QED) is 0.647. The van der Waals surface area contributed by atoms with E-state index in [0.29, 0.717) is 12.6 Å². The molecule has 96 valence electrons. The smallest absolute Gasteiger partial charge is 0.324 e. The Kier molecular flexibility index (Phi) is 7.34. The standard InChI is InChI=1S/C12H26N2O2/c1-8(2)13-7-11(14-9(3)4)12(15)16-10(5)6/h8-11,13-14H,7H2,1-6H3. The lowest BCUT2D eigenvalue weighted by Gasteiger charge is -2.22. The topological polar surface area (TPSA) is 50.4 Å². The van der Waals surface area contributed by atoms with Crippen LogP contribution in [0.1, 0.15) is 41.5 Å². The number of hydrogen-bond acceptors (Lipinski definition) is 4. The van der Waals surface area contributed by atoms with E-state index >= 15 is 0 Å². The van der Waals surface area contributed by atoms with Gasteiger partial charge in [-0.25, -0.2) is 0 Å². The molecule has 0 heterocycles. The Morgan fingerprint density at radius 1 is 1.06 bits per heavy atom. The van der Waals surface area contributed by atoms with Crippen molar-refractivity contribution in [3.63, 3.8) is 0 Å². The molecule has 0 aromatic carbocycles. The number of carbonyl (C=O) groups excluding carboxylic acids is 1. The maximum atomic E-state index is 11.8. The van der Waals surface area contributed by atoms with Gasteiger partial charge in [0.25, 0.3) is 0 Å². The molecule has 16 heavy (non-hydrogen) atoms. The second-order valence-electron chi connectivity index (χ2n) is 4.92. The number of nitrogens with one attached hydrogen (secondary N) is 2. The van der Waals surface area contributed by atoms with Crippen LogP contribution in [0.4, 0.5) is 0 Å². The maximum Gasteiger partial charge on any atom is 0.324 e. The van der Waals surface area contributed by atoms with Crippen LogP contribution in [0.5, 0.6) is 0 Å². The van der Waals surface area contributed by atoms with E-state index in [2.05, 4.69) is 24.5 Å². The van der Waals surface area contributed by atoms with E-state index in [0.717, 1.165) is 0 Å². The molecular formula is C12H26N2O2. The predicted molar refractivity (Wildman–Crippen MR) is 66.4 cm³/mol. The van der Waals surface area contributed by atoms with Gasteiger partial charge in [-0.05, 0) is 13.8 Å². The zero-order valence-corrected chi connectivity index (χ0v) is 11.3. The van der Waals surface area contributed by atoms with Crippen molar-refractivity contribution in [1.82, 2.24) is 10.6 Å². The molecule has 4 nitrogen and oxygen atoms in total. The molecular weight excluding hydrogens is 204 g/mol. The fourth-order valence-electron chi connectivity index (χ4n) is 1.28. The zero-order chi connectivity index (χ0) is 12.7. The van der Waals surface area contributed by atoms with Crippen LogP contribution in [-0.4, -0.2) is 36.7 Å². The maximum absolute atomic E-state index is 11.8. The second-order valence-corrected chi connectivity index (χ2v) is 4.92. The SMILES string of the molecule is CC(C)NCC(NC(C)C)C(=O)OC(C)C. The summed E-state index contributed by atoms with van der Waals surface area (Å²) in [5.41, 5.74) is 0. The molecule has 0 saturated heterocycles. The number of rotatable bonds is 7. The van der Waals surface area contributed by atoms with Crippen molar-refractivity contribution in [3.8, 4) is 0 Å². The Bertz CT molecular complexity index is 203. The molecule has 0 fully saturated rings. The highest BCUT2D eigenvalue weighted by Gasteiger charge is 2.21. The summed E-state index contributed by atoms with van der Waals surface area (Å²) in [5, 5.41) is 6.45. The highest BCUT2D eigenvalue weighted by molar-refractivity contribution is 5.76. The third-order valence-corrected chi connectivity index (χ3v) is 1.90. The summed E-state index contributed by atoms with van der Waals surface area (Å²) >= 11 is 0. The first-order valence-electron chi connectivity index (χ1n) is 6.02. The summed E-state index contributed by atoms with van der Waals surface area (Å²) in [5.74, 6) is -0.183. The van der Waals surface area contributed by atoms with Gasteiger partial charge < -0.3 is 15.4 Å². The zero-order valence-electron chi connectivity index (χ0n) is 11.3. The van der Waals surface area contributed by atoms with Gasteiger partial charge in [-0.15, -0.1) is 0 Å². The molecule has 0 aliphatic heterocycles. The Balaban J connectivity index is 4.23. The lowest BCUT2D eigenvalue weighted by molar-refractivity contribution is -0.150. The van der Waals surface area contributed by atoms with Crippen LogP contribution in [-0.2, 0) is 9.53 Å². The number of carbonyl (C=O) groups is 1. The molecule has 0 aromatic rings. The van der Waals surface area contributed by atoms with Gasteiger partial charge in [0.15, 0.2) is 0 Å². The molecule has 0 aromatic heterocycles. The first-order valence-corrected chi connectivity index (χ1v) is 6.02. The third-order valence-electron chi connectivity index (χ3n) is 1.90. The second kappa shape index (κ2) is 7.63. The van der Waals surface area contributed by atoms with Crippen molar-refractivity contribution in [3.05, 3.63) is 0 Å². The Hall–Kier alpha value is -0.610. The minimum Gasteiger partial charge on any atom is -0.462 e. The summed E-state index contributed by atoms with van der Waals surface area (Å²) < 4.78 is 5.20. The first-order chi connectivity index (χ1) is 7.32. The monoisotopic (exact) mass is 230 g/mol. The van der Waals surface area contributed by atoms with Crippen LogP contribution in [0, 0.1) is 0 Å². The molecule has 1 unspecified atom stereocenters. The Morgan fingerprint density at radius 2 is 1.62 bits per heavy atom. The van der Waals surface area contributed by atoms with Crippen LogP contribution >= 0.6 is 0 Å². The van der Waals surface area contributed by atoms with E-state index in [1.165, 1.54) is 0 Å². The van der Waals surface area contributed by atoms with E-state index in [1.807, 2.05) is 27.7 Å². The van der Waals surface area contributed by atoms with Crippen molar-refractivity contribution < 1.29 is 9.53 Å². The molecule has 0 spiro atoms. The normalized spacial score (nSPS) is 13.6. The van der Waals surface area contributed by atoms with E-state index in [4.69, 9.17) is 4.74 Å². The van der Waals surface area contributed by atoms with Crippen molar-refractivity contribution in [2.24, 2.45) is 0 Å². The molecule has 2 N–H and O–H groups in total. The van der Waals surface area contributed by atoms with Crippen LogP contribution in [0.3, 0.4) is 0 Å². The predicted octanol–water partition coefficient (Wildman–Crippen LogP) is 1.30. The van der Waals surface area contributed by atoms with Gasteiger partial charge in [-0.2, -0.15) is 0 Å². The fraction of sp³-hybridized carbons (Fsp3) is 0.917. The van der Waals surface area contributed by atoms with Crippen molar-refractivity contribution in [2.75, 3.05) is 6.54 Å². The van der Waals surface area contributed by atoms with Crippen molar-refractivity contribution >= 4 is 5.97 Å². The molecule has 0 rings (SSSR count). The third kappa shape index (κ3) is 7.65. The fourth-order valence-corrected chi connectivity index (χ4v) is 1.28. The largest absolute Gasteiger partial charge is 0.462 e. The summed E-state index contributed by atoms with van der Waals surface area (Å²) in [6.45, 7) is 12.5. The number of hydrogen-bond donors (Lipinski definition) is 2. The minimum absolute atomic E-state index is 0.0667. The number of ether oxygens (including phenoxy) is 1. The lowest BCUT2D eigenvalue weighted by atomic mass is 10.2. The summed E-state index contributed by atoms with van der Waals surface area (Å²) in [4.78, 5) is 11.8. The molecule has 1 atom stereocenters. The minimum atomic E-state index is -0.273. The highest BCUT2D eigenvalue weighted by atomic mass is 16.5. The molecule has 0 aliphatic carbocycles. The van der Waals surface area contributed by atoms with Crippen LogP contribution in [0.15, 0.2) is 0 Å². The van der Waals surface area contributed by atoms with E-state index in [9.17, 15) is 4.79 Å². The van der Waals surface area contributed by atoms with Gasteiger partial charge in [0.05, 0.1) is 6.10 Å². The van der Waals surface area contributed by atoms with Gasteiger partial charge in [-0.3, -0.25) is 4.79 Å². The van der Waals surface area contributed by atoms with E-state index in [-0.39, 0.29) is 24.2 Å². The van der Waals surface area contributed by atoms with Gasteiger partial charge in [-0.1, -0.05) is 27.7 Å². The molecule has 0 bridgehead atoms. The van der Waals surface area contributed by atoms with Crippen LogP contribution < -0.4 is 10.6 Å².